The number of carbonyl (C=O) groups is 2. The molecule has 0 bridgehead atoms. The molecule has 0 unspecified atom stereocenters. The molecule has 0 amide bonds. The van der Waals surface area contributed by atoms with Crippen LogP contribution in [-0.4, -0.2) is 27.6 Å². The number of carbonyl (C=O) groups excluding carboxylic acids is 2. The lowest BCUT2D eigenvalue weighted by Crippen LogP contribution is -2.06. The predicted octanol–water partition coefficient (Wildman–Crippen LogP) is 4.86. The molecule has 6 nitrogen and oxygen atoms in total. The molecule has 3 aromatic rings. The molecule has 4 rings (SSSR count). The molecular weight excluding hydrogens is 413 g/mol. The van der Waals surface area contributed by atoms with Crippen molar-refractivity contribution in [3.63, 3.8) is 0 Å². The highest BCUT2D eigenvalue weighted by atomic mass is 35.5. The Morgan fingerprint density at radius 1 is 1.14 bits per heavy atom. The van der Waals surface area contributed by atoms with Crippen LogP contribution in [0.15, 0.2) is 65.4 Å². The Kier molecular flexibility index (Phi) is 5.05. The fraction of sp³-hybridized carbons (Fsp3) is 0.0476. The summed E-state index contributed by atoms with van der Waals surface area (Å²) >= 11 is 12.1. The fourth-order valence-corrected chi connectivity index (χ4v) is 3.30. The average molecular weight is 426 g/mol. The lowest BCUT2D eigenvalue weighted by atomic mass is 10.1. The third-order valence-electron chi connectivity index (χ3n) is 4.19. The normalized spacial score (nSPS) is 14.8. The Bertz CT molecular complexity index is 1200. The maximum Gasteiger partial charge on any atom is 0.363 e. The van der Waals surface area contributed by atoms with E-state index in [9.17, 15) is 9.59 Å². The molecule has 1 aliphatic rings. The number of esters is 1. The van der Waals surface area contributed by atoms with Gasteiger partial charge in [-0.25, -0.2) is 14.5 Å². The molecule has 2 heterocycles. The van der Waals surface area contributed by atoms with Gasteiger partial charge in [-0.15, -0.1) is 0 Å². The molecular formula is C21H13Cl2N3O3. The van der Waals surface area contributed by atoms with E-state index in [0.29, 0.717) is 26.9 Å². The molecule has 29 heavy (non-hydrogen) atoms. The second-order valence-corrected chi connectivity index (χ2v) is 7.07. The van der Waals surface area contributed by atoms with Gasteiger partial charge in [0.1, 0.15) is 5.69 Å². The summed E-state index contributed by atoms with van der Waals surface area (Å²) in [6.45, 7) is 1.40. The number of cyclic esters (lactones) is 1. The third-order valence-corrected chi connectivity index (χ3v) is 4.73. The third kappa shape index (κ3) is 3.85. The maximum atomic E-state index is 12.4. The first kappa shape index (κ1) is 19.1. The van der Waals surface area contributed by atoms with Gasteiger partial charge in [-0.1, -0.05) is 53.5 Å². The van der Waals surface area contributed by atoms with Gasteiger partial charge in [-0.2, -0.15) is 5.10 Å². The van der Waals surface area contributed by atoms with Gasteiger partial charge < -0.3 is 4.74 Å². The summed E-state index contributed by atoms with van der Waals surface area (Å²) in [6.07, 6.45) is 3.08. The van der Waals surface area contributed by atoms with E-state index < -0.39 is 5.97 Å². The Morgan fingerprint density at radius 3 is 2.59 bits per heavy atom. The molecule has 0 atom stereocenters. The van der Waals surface area contributed by atoms with E-state index in [1.54, 1.807) is 24.4 Å². The number of hydrogen-bond acceptors (Lipinski definition) is 5. The van der Waals surface area contributed by atoms with Crippen LogP contribution >= 0.6 is 23.2 Å². The van der Waals surface area contributed by atoms with Crippen LogP contribution in [0.5, 0.6) is 0 Å². The molecule has 0 N–H and O–H groups in total. The molecule has 8 heteroatoms. The minimum absolute atomic E-state index is 0.0753. The van der Waals surface area contributed by atoms with Crippen molar-refractivity contribution in [3.05, 3.63) is 81.6 Å². The molecule has 0 spiro atoms. The van der Waals surface area contributed by atoms with Crippen LogP contribution in [-0.2, 0) is 9.53 Å². The molecule has 1 aromatic heterocycles. The van der Waals surface area contributed by atoms with Crippen LogP contribution in [0, 0.1) is 0 Å². The van der Waals surface area contributed by atoms with E-state index in [2.05, 4.69) is 10.1 Å². The van der Waals surface area contributed by atoms with E-state index in [0.717, 1.165) is 5.56 Å². The summed E-state index contributed by atoms with van der Waals surface area (Å²) in [5, 5.41) is 5.12. The van der Waals surface area contributed by atoms with Crippen molar-refractivity contribution in [1.82, 2.24) is 9.78 Å². The smallest absolute Gasteiger partial charge is 0.363 e. The van der Waals surface area contributed by atoms with Gasteiger partial charge in [0, 0.05) is 29.3 Å². The van der Waals surface area contributed by atoms with Crippen molar-refractivity contribution in [2.75, 3.05) is 0 Å². The predicted molar refractivity (Wildman–Crippen MR) is 111 cm³/mol. The summed E-state index contributed by atoms with van der Waals surface area (Å²) in [7, 11) is 0. The Morgan fingerprint density at radius 2 is 1.90 bits per heavy atom. The van der Waals surface area contributed by atoms with Crippen molar-refractivity contribution in [2.45, 2.75) is 6.92 Å². The standard InChI is InChI=1S/C21H13Cl2N3O3/c1-12(27)26-11-14(19(25-26)13-5-3-2-4-6-13)9-18-21(28)29-20(24-18)16-8-7-15(22)10-17(16)23/h2-11H,1H3. The molecule has 0 radical (unpaired) electrons. The maximum absolute atomic E-state index is 12.4. The van der Waals surface area contributed by atoms with E-state index in [1.807, 2.05) is 30.3 Å². The molecule has 0 saturated heterocycles. The van der Waals surface area contributed by atoms with Gasteiger partial charge in [0.15, 0.2) is 5.70 Å². The van der Waals surface area contributed by atoms with E-state index in [1.165, 1.54) is 17.7 Å². The van der Waals surface area contributed by atoms with Gasteiger partial charge in [0.05, 0.1) is 10.6 Å². The number of ether oxygens (including phenoxy) is 1. The molecule has 2 aromatic carbocycles. The van der Waals surface area contributed by atoms with Crippen molar-refractivity contribution in [1.29, 1.82) is 0 Å². The first-order valence-electron chi connectivity index (χ1n) is 8.56. The SMILES string of the molecule is CC(=O)n1cc(C=C2N=C(c3ccc(Cl)cc3Cl)OC2=O)c(-c2ccccc2)n1. The summed E-state index contributed by atoms with van der Waals surface area (Å²) in [6, 6.07) is 14.1. The van der Waals surface area contributed by atoms with Gasteiger partial charge in [0.2, 0.25) is 11.8 Å². The first-order chi connectivity index (χ1) is 13.9. The van der Waals surface area contributed by atoms with Crippen LogP contribution < -0.4 is 0 Å². The zero-order valence-electron chi connectivity index (χ0n) is 15.1. The highest BCUT2D eigenvalue weighted by molar-refractivity contribution is 6.37. The Hall–Kier alpha value is -3.22. The van der Waals surface area contributed by atoms with Gasteiger partial charge >= 0.3 is 5.97 Å². The number of aromatic nitrogens is 2. The molecule has 144 valence electrons. The van der Waals surface area contributed by atoms with E-state index >= 15 is 0 Å². The summed E-state index contributed by atoms with van der Waals surface area (Å²) in [5.74, 6) is -0.790. The number of rotatable bonds is 3. The highest BCUT2D eigenvalue weighted by Crippen LogP contribution is 2.28. The molecule has 1 aliphatic heterocycles. The highest BCUT2D eigenvalue weighted by Gasteiger charge is 2.26. The van der Waals surface area contributed by atoms with Crippen LogP contribution in [0.2, 0.25) is 10.0 Å². The summed E-state index contributed by atoms with van der Waals surface area (Å²) in [5.41, 5.74) is 2.44. The minimum atomic E-state index is -0.624. The largest absolute Gasteiger partial charge is 0.402 e. The minimum Gasteiger partial charge on any atom is -0.402 e. The van der Waals surface area contributed by atoms with Gasteiger partial charge in [-0.05, 0) is 24.3 Å². The van der Waals surface area contributed by atoms with Crippen LogP contribution in [0.4, 0.5) is 0 Å². The van der Waals surface area contributed by atoms with Crippen molar-refractivity contribution < 1.29 is 14.3 Å². The lowest BCUT2D eigenvalue weighted by molar-refractivity contribution is -0.129. The van der Waals surface area contributed by atoms with Crippen molar-refractivity contribution >= 4 is 47.1 Å². The van der Waals surface area contributed by atoms with Gasteiger partial charge in [0.25, 0.3) is 0 Å². The number of halogens is 2. The topological polar surface area (TPSA) is 73.6 Å². The first-order valence-corrected chi connectivity index (χ1v) is 9.32. The summed E-state index contributed by atoms with van der Waals surface area (Å²) < 4.78 is 6.49. The zero-order chi connectivity index (χ0) is 20.5. The quantitative estimate of drug-likeness (QED) is 0.443. The average Bonchev–Trinajstić information content (AvgIpc) is 3.27. The van der Waals surface area contributed by atoms with Crippen LogP contribution in [0.25, 0.3) is 17.3 Å². The van der Waals surface area contributed by atoms with Crippen LogP contribution in [0.3, 0.4) is 0 Å². The second-order valence-electron chi connectivity index (χ2n) is 6.22. The lowest BCUT2D eigenvalue weighted by Gasteiger charge is -2.02. The number of aliphatic imine (C=N–C) groups is 1. The Labute approximate surface area is 176 Å². The summed E-state index contributed by atoms with van der Waals surface area (Å²) in [4.78, 5) is 28.4. The number of benzene rings is 2. The van der Waals surface area contributed by atoms with Gasteiger partial charge in [-0.3, -0.25) is 4.79 Å². The zero-order valence-corrected chi connectivity index (χ0v) is 16.6. The van der Waals surface area contributed by atoms with Crippen molar-refractivity contribution in [3.8, 4) is 11.3 Å². The second kappa shape index (κ2) is 7.66. The van der Waals surface area contributed by atoms with Crippen molar-refractivity contribution in [2.24, 2.45) is 4.99 Å². The monoisotopic (exact) mass is 425 g/mol. The Balaban J connectivity index is 1.78. The van der Waals surface area contributed by atoms with E-state index in [4.69, 9.17) is 27.9 Å². The molecule has 0 aliphatic carbocycles. The van der Waals surface area contributed by atoms with Crippen LogP contribution in [0.1, 0.15) is 22.8 Å². The fourth-order valence-electron chi connectivity index (χ4n) is 2.81. The molecule has 0 fully saturated rings. The number of nitrogens with zero attached hydrogens (tertiary/aromatic N) is 3. The molecule has 0 saturated carbocycles. The van der Waals surface area contributed by atoms with E-state index in [-0.39, 0.29) is 17.5 Å². The number of hydrogen-bond donors (Lipinski definition) is 0.